The van der Waals surface area contributed by atoms with Gasteiger partial charge in [0, 0.05) is 0 Å². The number of benzene rings is 1. The Balaban J connectivity index is 1.96. The minimum Gasteiger partial charge on any atom is -0.481 e. The summed E-state index contributed by atoms with van der Waals surface area (Å²) in [4.78, 5) is 10.8. The van der Waals surface area contributed by atoms with Crippen molar-refractivity contribution >= 4 is 5.97 Å². The maximum atomic E-state index is 10.8. The fourth-order valence-electron chi connectivity index (χ4n) is 2.06. The van der Waals surface area contributed by atoms with E-state index in [-0.39, 0.29) is 5.92 Å². The zero-order chi connectivity index (χ0) is 9.97. The number of rotatable bonds is 3. The fourth-order valence-corrected chi connectivity index (χ4v) is 2.06. The minimum absolute atomic E-state index is 0.102. The summed E-state index contributed by atoms with van der Waals surface area (Å²) in [6.45, 7) is 0. The molecule has 1 aromatic carbocycles. The standard InChI is InChI=1S/C12H14O2/c13-12(14)11-7-6-10(11)8-9-4-2-1-3-5-9/h1-5,10-11H,6-8H2,(H,13,14). The summed E-state index contributed by atoms with van der Waals surface area (Å²) >= 11 is 0. The number of hydrogen-bond donors (Lipinski definition) is 1. The van der Waals surface area contributed by atoms with E-state index in [1.54, 1.807) is 0 Å². The summed E-state index contributed by atoms with van der Waals surface area (Å²) in [5, 5.41) is 8.88. The number of aliphatic carboxylic acids is 1. The summed E-state index contributed by atoms with van der Waals surface area (Å²) in [6, 6.07) is 10.1. The lowest BCUT2D eigenvalue weighted by Gasteiger charge is -2.33. The van der Waals surface area contributed by atoms with Gasteiger partial charge in [0.05, 0.1) is 5.92 Å². The molecule has 1 aliphatic rings. The van der Waals surface area contributed by atoms with Crippen molar-refractivity contribution in [3.63, 3.8) is 0 Å². The lowest BCUT2D eigenvalue weighted by Crippen LogP contribution is -2.34. The predicted octanol–water partition coefficient (Wildman–Crippen LogP) is 2.34. The van der Waals surface area contributed by atoms with Gasteiger partial charge in [-0.3, -0.25) is 4.79 Å². The van der Waals surface area contributed by atoms with Crippen molar-refractivity contribution in [1.29, 1.82) is 0 Å². The highest BCUT2D eigenvalue weighted by atomic mass is 16.4. The molecule has 0 radical (unpaired) electrons. The van der Waals surface area contributed by atoms with E-state index in [2.05, 4.69) is 12.1 Å². The Bertz CT molecular complexity index is 318. The van der Waals surface area contributed by atoms with Crippen LogP contribution in [-0.4, -0.2) is 11.1 Å². The summed E-state index contributed by atoms with van der Waals surface area (Å²) in [6.07, 6.45) is 2.83. The third kappa shape index (κ3) is 1.79. The van der Waals surface area contributed by atoms with Crippen molar-refractivity contribution < 1.29 is 9.90 Å². The molecular weight excluding hydrogens is 176 g/mol. The maximum absolute atomic E-state index is 10.8. The van der Waals surface area contributed by atoms with Crippen LogP contribution in [0.5, 0.6) is 0 Å². The molecule has 1 aliphatic carbocycles. The minimum atomic E-state index is -0.628. The summed E-state index contributed by atoms with van der Waals surface area (Å²) in [5.41, 5.74) is 1.25. The Morgan fingerprint density at radius 1 is 1.29 bits per heavy atom. The quantitative estimate of drug-likeness (QED) is 0.794. The summed E-state index contributed by atoms with van der Waals surface area (Å²) < 4.78 is 0. The normalized spacial score (nSPS) is 25.4. The zero-order valence-electron chi connectivity index (χ0n) is 8.02. The highest BCUT2D eigenvalue weighted by Crippen LogP contribution is 2.36. The lowest BCUT2D eigenvalue weighted by atomic mass is 9.71. The first-order valence-corrected chi connectivity index (χ1v) is 5.04. The molecule has 0 amide bonds. The molecule has 0 aliphatic heterocycles. The Morgan fingerprint density at radius 3 is 2.50 bits per heavy atom. The largest absolute Gasteiger partial charge is 0.481 e. The first-order valence-electron chi connectivity index (χ1n) is 5.04. The van der Waals surface area contributed by atoms with Crippen LogP contribution in [-0.2, 0) is 11.2 Å². The van der Waals surface area contributed by atoms with E-state index in [0.717, 1.165) is 19.3 Å². The van der Waals surface area contributed by atoms with Crippen LogP contribution in [0.1, 0.15) is 18.4 Å². The second-order valence-electron chi connectivity index (χ2n) is 3.97. The van der Waals surface area contributed by atoms with Crippen LogP contribution in [0, 0.1) is 11.8 Å². The van der Waals surface area contributed by atoms with Crippen LogP contribution >= 0.6 is 0 Å². The van der Waals surface area contributed by atoms with Crippen molar-refractivity contribution in [2.24, 2.45) is 11.8 Å². The molecule has 0 aromatic heterocycles. The lowest BCUT2D eigenvalue weighted by molar-refractivity contribution is -0.147. The van der Waals surface area contributed by atoms with Gasteiger partial charge in [0.15, 0.2) is 0 Å². The van der Waals surface area contributed by atoms with Crippen LogP contribution in [0.2, 0.25) is 0 Å². The van der Waals surface area contributed by atoms with E-state index >= 15 is 0 Å². The van der Waals surface area contributed by atoms with E-state index in [1.165, 1.54) is 5.56 Å². The average molecular weight is 190 g/mol. The average Bonchev–Trinajstić information content (AvgIpc) is 2.13. The van der Waals surface area contributed by atoms with E-state index in [1.807, 2.05) is 18.2 Å². The van der Waals surface area contributed by atoms with Crippen LogP contribution in [0.4, 0.5) is 0 Å². The number of carboxylic acids is 1. The first-order chi connectivity index (χ1) is 6.77. The van der Waals surface area contributed by atoms with Gasteiger partial charge in [-0.2, -0.15) is 0 Å². The first kappa shape index (κ1) is 9.25. The number of carboxylic acid groups (broad SMARTS) is 1. The smallest absolute Gasteiger partial charge is 0.306 e. The molecule has 0 saturated heterocycles. The molecule has 0 bridgehead atoms. The molecule has 2 atom stereocenters. The molecule has 2 unspecified atom stereocenters. The van der Waals surface area contributed by atoms with Crippen molar-refractivity contribution in [3.8, 4) is 0 Å². The van der Waals surface area contributed by atoms with Gasteiger partial charge in [-0.1, -0.05) is 30.3 Å². The Labute approximate surface area is 83.6 Å². The van der Waals surface area contributed by atoms with Crippen molar-refractivity contribution in [1.82, 2.24) is 0 Å². The molecule has 14 heavy (non-hydrogen) atoms. The van der Waals surface area contributed by atoms with Gasteiger partial charge in [0.2, 0.25) is 0 Å². The third-order valence-corrected chi connectivity index (χ3v) is 3.08. The Kier molecular flexibility index (Phi) is 2.53. The van der Waals surface area contributed by atoms with Gasteiger partial charge >= 0.3 is 5.97 Å². The number of carbonyl (C=O) groups is 1. The van der Waals surface area contributed by atoms with Gasteiger partial charge in [0.1, 0.15) is 0 Å². The Hall–Kier alpha value is -1.31. The van der Waals surface area contributed by atoms with Gasteiger partial charge in [-0.05, 0) is 30.7 Å². The molecule has 2 nitrogen and oxygen atoms in total. The Morgan fingerprint density at radius 2 is 2.00 bits per heavy atom. The van der Waals surface area contributed by atoms with Gasteiger partial charge in [0.25, 0.3) is 0 Å². The predicted molar refractivity (Wildman–Crippen MR) is 54.0 cm³/mol. The molecule has 1 saturated carbocycles. The van der Waals surface area contributed by atoms with Crippen molar-refractivity contribution in [3.05, 3.63) is 35.9 Å². The highest BCUT2D eigenvalue weighted by molar-refractivity contribution is 5.71. The van der Waals surface area contributed by atoms with E-state index in [4.69, 9.17) is 5.11 Å². The molecule has 1 aromatic rings. The fraction of sp³-hybridized carbons (Fsp3) is 0.417. The zero-order valence-corrected chi connectivity index (χ0v) is 8.02. The molecule has 74 valence electrons. The third-order valence-electron chi connectivity index (χ3n) is 3.08. The SMILES string of the molecule is O=C(O)C1CCC1Cc1ccccc1. The van der Waals surface area contributed by atoms with Gasteiger partial charge < -0.3 is 5.11 Å². The van der Waals surface area contributed by atoms with E-state index in [0.29, 0.717) is 5.92 Å². The molecule has 2 heteroatoms. The van der Waals surface area contributed by atoms with Crippen LogP contribution in [0.25, 0.3) is 0 Å². The van der Waals surface area contributed by atoms with Crippen LogP contribution in [0.3, 0.4) is 0 Å². The van der Waals surface area contributed by atoms with Gasteiger partial charge in [-0.15, -0.1) is 0 Å². The van der Waals surface area contributed by atoms with E-state index < -0.39 is 5.97 Å². The molecular formula is C12H14O2. The molecule has 2 rings (SSSR count). The molecule has 1 fully saturated rings. The maximum Gasteiger partial charge on any atom is 0.306 e. The van der Waals surface area contributed by atoms with Crippen LogP contribution in [0.15, 0.2) is 30.3 Å². The van der Waals surface area contributed by atoms with E-state index in [9.17, 15) is 4.79 Å². The monoisotopic (exact) mass is 190 g/mol. The molecule has 0 spiro atoms. The van der Waals surface area contributed by atoms with Gasteiger partial charge in [-0.25, -0.2) is 0 Å². The molecule has 0 heterocycles. The van der Waals surface area contributed by atoms with Crippen molar-refractivity contribution in [2.75, 3.05) is 0 Å². The van der Waals surface area contributed by atoms with Crippen molar-refractivity contribution in [2.45, 2.75) is 19.3 Å². The molecule has 1 N–H and O–H groups in total. The highest BCUT2D eigenvalue weighted by Gasteiger charge is 2.36. The topological polar surface area (TPSA) is 37.3 Å². The van der Waals surface area contributed by atoms with Crippen LogP contribution < -0.4 is 0 Å². The second kappa shape index (κ2) is 3.82. The second-order valence-corrected chi connectivity index (χ2v) is 3.97. The number of hydrogen-bond acceptors (Lipinski definition) is 1. The summed E-state index contributed by atoms with van der Waals surface area (Å²) in [7, 11) is 0. The summed E-state index contributed by atoms with van der Waals surface area (Å²) in [5.74, 6) is -0.373.